The minimum atomic E-state index is -0.446. The smallest absolute Gasteiger partial charge is 0.311 e. The highest BCUT2D eigenvalue weighted by Crippen LogP contribution is 2.31. The Morgan fingerprint density at radius 1 is 1.15 bits per heavy atom. The van der Waals surface area contributed by atoms with Crippen molar-refractivity contribution in [3.05, 3.63) is 82.5 Å². The van der Waals surface area contributed by atoms with Crippen LogP contribution in [0.25, 0.3) is 0 Å². The number of aromatic nitrogens is 1. The molecule has 1 amide bonds. The monoisotopic (exact) mass is 462 g/mol. The second-order valence-corrected chi connectivity index (χ2v) is 7.96. The number of ether oxygens (including phenoxy) is 2. The molecule has 2 heterocycles. The minimum absolute atomic E-state index is 0.0328. The Morgan fingerprint density at radius 3 is 2.47 bits per heavy atom. The van der Waals surface area contributed by atoms with E-state index in [1.165, 1.54) is 12.3 Å². The number of anilines is 2. The number of nitro groups is 1. The number of carbonyl (C=O) groups excluding carboxylic acids is 1. The lowest BCUT2D eigenvalue weighted by atomic mass is 10.0. The van der Waals surface area contributed by atoms with Crippen LogP contribution in [0.2, 0.25) is 0 Å². The number of pyridine rings is 1. The molecule has 1 saturated heterocycles. The molecular weight excluding hydrogens is 436 g/mol. The van der Waals surface area contributed by atoms with Crippen LogP contribution in [0.15, 0.2) is 66.9 Å². The summed E-state index contributed by atoms with van der Waals surface area (Å²) in [5.41, 5.74) is 1.79. The molecule has 0 radical (unpaired) electrons. The number of hydrogen-bond donors (Lipinski definition) is 0. The van der Waals surface area contributed by atoms with Crippen LogP contribution in [0.1, 0.15) is 12.5 Å². The topological polar surface area (TPSA) is 98.0 Å². The van der Waals surface area contributed by atoms with Crippen molar-refractivity contribution in [3.8, 4) is 11.5 Å². The molecular formula is C25H26N4O5. The predicted octanol–water partition coefficient (Wildman–Crippen LogP) is 4.34. The summed E-state index contributed by atoms with van der Waals surface area (Å²) in [6.07, 6.45) is 2.25. The van der Waals surface area contributed by atoms with Crippen molar-refractivity contribution in [2.75, 3.05) is 31.7 Å². The van der Waals surface area contributed by atoms with Crippen LogP contribution < -0.4 is 9.64 Å². The standard InChI is InChI=1S/C25H26N4O5/c1-3-28-20(16-33-17-24(28)30)15-18-6-10-21(11-7-18)34-22-12-8-19(9-13-22)27(2)25-23(29(31)32)5-4-14-26-25/h4-14,20H,3,15-17H2,1-2H3. The molecule has 1 aliphatic rings. The summed E-state index contributed by atoms with van der Waals surface area (Å²) in [7, 11) is 1.73. The first-order valence-electron chi connectivity index (χ1n) is 11.0. The van der Waals surface area contributed by atoms with Crippen LogP contribution in [0.4, 0.5) is 17.2 Å². The lowest BCUT2D eigenvalue weighted by molar-refractivity contribution is -0.384. The van der Waals surface area contributed by atoms with Crippen LogP contribution in [-0.2, 0) is 16.0 Å². The maximum absolute atomic E-state index is 12.0. The molecule has 0 aliphatic carbocycles. The van der Waals surface area contributed by atoms with Gasteiger partial charge in [-0.05, 0) is 61.4 Å². The molecule has 3 aromatic rings. The van der Waals surface area contributed by atoms with E-state index in [0.29, 0.717) is 24.7 Å². The average molecular weight is 463 g/mol. The summed E-state index contributed by atoms with van der Waals surface area (Å²) in [5.74, 6) is 1.63. The van der Waals surface area contributed by atoms with Gasteiger partial charge in [0.2, 0.25) is 11.7 Å². The molecule has 0 bridgehead atoms. The summed E-state index contributed by atoms with van der Waals surface area (Å²) < 4.78 is 11.4. The average Bonchev–Trinajstić information content (AvgIpc) is 2.85. The van der Waals surface area contributed by atoms with E-state index in [0.717, 1.165) is 17.7 Å². The quantitative estimate of drug-likeness (QED) is 0.363. The van der Waals surface area contributed by atoms with E-state index in [1.54, 1.807) is 30.1 Å². The SMILES string of the molecule is CCN1C(=O)COCC1Cc1ccc(Oc2ccc(N(C)c3ncccc3[N+](=O)[O-])cc2)cc1. The van der Waals surface area contributed by atoms with Gasteiger partial charge in [-0.25, -0.2) is 4.98 Å². The maximum Gasteiger partial charge on any atom is 0.311 e. The second-order valence-electron chi connectivity index (χ2n) is 7.96. The molecule has 2 aromatic carbocycles. The largest absolute Gasteiger partial charge is 0.457 e. The van der Waals surface area contributed by atoms with E-state index in [1.807, 2.05) is 48.2 Å². The normalized spacial score (nSPS) is 15.8. The van der Waals surface area contributed by atoms with Gasteiger partial charge in [0.05, 0.1) is 17.6 Å². The van der Waals surface area contributed by atoms with Gasteiger partial charge in [-0.2, -0.15) is 0 Å². The van der Waals surface area contributed by atoms with Crippen molar-refractivity contribution in [1.82, 2.24) is 9.88 Å². The van der Waals surface area contributed by atoms with E-state index in [9.17, 15) is 14.9 Å². The van der Waals surface area contributed by atoms with Gasteiger partial charge in [-0.3, -0.25) is 14.9 Å². The first-order chi connectivity index (χ1) is 16.5. The molecule has 1 fully saturated rings. The lowest BCUT2D eigenvalue weighted by Crippen LogP contribution is -2.50. The van der Waals surface area contributed by atoms with Gasteiger partial charge in [0.1, 0.15) is 18.1 Å². The molecule has 9 nitrogen and oxygen atoms in total. The summed E-state index contributed by atoms with van der Waals surface area (Å²) in [6, 6.07) is 18.0. The van der Waals surface area contributed by atoms with Gasteiger partial charge >= 0.3 is 5.69 Å². The highest BCUT2D eigenvalue weighted by molar-refractivity contribution is 5.78. The van der Waals surface area contributed by atoms with Crippen LogP contribution in [0, 0.1) is 10.1 Å². The van der Waals surface area contributed by atoms with Gasteiger partial charge < -0.3 is 19.3 Å². The lowest BCUT2D eigenvalue weighted by Gasteiger charge is -2.34. The van der Waals surface area contributed by atoms with Gasteiger partial charge in [-0.15, -0.1) is 0 Å². The molecule has 34 heavy (non-hydrogen) atoms. The Morgan fingerprint density at radius 2 is 1.82 bits per heavy atom. The molecule has 0 N–H and O–H groups in total. The zero-order valence-electron chi connectivity index (χ0n) is 19.1. The van der Waals surface area contributed by atoms with E-state index >= 15 is 0 Å². The maximum atomic E-state index is 12.0. The second kappa shape index (κ2) is 10.3. The Balaban J connectivity index is 1.40. The van der Waals surface area contributed by atoms with Gasteiger partial charge in [0, 0.05) is 31.5 Å². The Labute approximate surface area is 197 Å². The fourth-order valence-electron chi connectivity index (χ4n) is 4.01. The van der Waals surface area contributed by atoms with Crippen molar-refractivity contribution < 1.29 is 19.2 Å². The van der Waals surface area contributed by atoms with Gasteiger partial charge in [0.15, 0.2) is 0 Å². The highest BCUT2D eigenvalue weighted by atomic mass is 16.6. The number of likely N-dealkylation sites (N-methyl/N-ethyl adjacent to an activating group) is 1. The number of hydrogen-bond acceptors (Lipinski definition) is 7. The fourth-order valence-corrected chi connectivity index (χ4v) is 4.01. The van der Waals surface area contributed by atoms with Crippen LogP contribution in [0.3, 0.4) is 0 Å². The first kappa shape index (κ1) is 23.2. The minimum Gasteiger partial charge on any atom is -0.457 e. The zero-order valence-corrected chi connectivity index (χ0v) is 19.1. The van der Waals surface area contributed by atoms with Crippen LogP contribution in [0.5, 0.6) is 11.5 Å². The van der Waals surface area contributed by atoms with E-state index in [4.69, 9.17) is 9.47 Å². The van der Waals surface area contributed by atoms with Crippen molar-refractivity contribution in [1.29, 1.82) is 0 Å². The van der Waals surface area contributed by atoms with E-state index < -0.39 is 4.92 Å². The first-order valence-corrected chi connectivity index (χ1v) is 11.0. The molecule has 1 atom stereocenters. The van der Waals surface area contributed by atoms with Crippen molar-refractivity contribution in [2.24, 2.45) is 0 Å². The van der Waals surface area contributed by atoms with Crippen LogP contribution in [-0.4, -0.2) is 53.6 Å². The number of carbonyl (C=O) groups is 1. The number of morpholine rings is 1. The van der Waals surface area contributed by atoms with Crippen molar-refractivity contribution in [3.63, 3.8) is 0 Å². The third-order valence-corrected chi connectivity index (χ3v) is 5.77. The Hall–Kier alpha value is -3.98. The van der Waals surface area contributed by atoms with Gasteiger partial charge in [0.25, 0.3) is 0 Å². The summed E-state index contributed by atoms with van der Waals surface area (Å²) in [4.78, 5) is 30.6. The molecule has 0 spiro atoms. The molecule has 1 aromatic heterocycles. The molecule has 9 heteroatoms. The van der Waals surface area contributed by atoms with Crippen molar-refractivity contribution in [2.45, 2.75) is 19.4 Å². The summed E-state index contributed by atoms with van der Waals surface area (Å²) >= 11 is 0. The van der Waals surface area contributed by atoms with E-state index in [2.05, 4.69) is 4.98 Å². The third-order valence-electron chi connectivity index (χ3n) is 5.77. The van der Waals surface area contributed by atoms with Crippen molar-refractivity contribution >= 4 is 23.1 Å². The zero-order chi connectivity index (χ0) is 24.1. The number of rotatable bonds is 8. The Kier molecular flexibility index (Phi) is 7.03. The number of amides is 1. The third kappa shape index (κ3) is 5.15. The summed E-state index contributed by atoms with van der Waals surface area (Å²) in [5, 5.41) is 11.3. The predicted molar refractivity (Wildman–Crippen MR) is 128 cm³/mol. The molecule has 176 valence electrons. The van der Waals surface area contributed by atoms with Gasteiger partial charge in [-0.1, -0.05) is 12.1 Å². The molecule has 4 rings (SSSR count). The molecule has 1 unspecified atom stereocenters. The van der Waals surface area contributed by atoms with Crippen LogP contribution >= 0.6 is 0 Å². The fraction of sp³-hybridized carbons (Fsp3) is 0.280. The molecule has 0 saturated carbocycles. The number of nitrogens with zero attached hydrogens (tertiary/aromatic N) is 4. The van der Waals surface area contributed by atoms with E-state index in [-0.39, 0.29) is 30.1 Å². The highest BCUT2D eigenvalue weighted by Gasteiger charge is 2.27. The molecule has 1 aliphatic heterocycles. The number of benzene rings is 2. The Bertz CT molecular complexity index is 1150. The summed E-state index contributed by atoms with van der Waals surface area (Å²) in [6.45, 7) is 3.35.